The Morgan fingerprint density at radius 3 is 2.79 bits per heavy atom. The molecule has 0 amide bonds. The molecule has 0 saturated carbocycles. The molecule has 7 nitrogen and oxygen atoms in total. The average Bonchev–Trinajstić information content (AvgIpc) is 3.16. The highest BCUT2D eigenvalue weighted by Crippen LogP contribution is 2.29. The first-order valence-corrected chi connectivity index (χ1v) is 10.8. The maximum absolute atomic E-state index is 12.7. The Kier molecular flexibility index (Phi) is 6.41. The molecular formula is C20H26N4O3S. The van der Waals surface area contributed by atoms with E-state index in [-0.39, 0.29) is 12.3 Å². The van der Waals surface area contributed by atoms with E-state index in [9.17, 15) is 8.42 Å². The quantitative estimate of drug-likeness (QED) is 0.545. The summed E-state index contributed by atoms with van der Waals surface area (Å²) < 4.78 is 32.2. The number of anilines is 1. The second kappa shape index (κ2) is 8.97. The molecule has 150 valence electrons. The highest BCUT2D eigenvalue weighted by Gasteiger charge is 2.28. The van der Waals surface area contributed by atoms with Crippen molar-refractivity contribution in [1.82, 2.24) is 10.6 Å². The lowest BCUT2D eigenvalue weighted by molar-refractivity contribution is 0.414. The summed E-state index contributed by atoms with van der Waals surface area (Å²) in [7, 11) is -0.0918. The molecule has 0 atom stereocenters. The molecule has 0 unspecified atom stereocenters. The Hall–Kier alpha value is -2.74. The monoisotopic (exact) mass is 402 g/mol. The Bertz CT molecular complexity index is 944. The standard InChI is InChI=1S/C20H26N4O3S/c1-21-20(23-15-16-6-5-8-18(14-16)27-2)22-11-13-28(25,26)24-12-10-17-7-3-4-9-19(17)24/h3-9,14H,10-13,15H2,1-2H3,(H2,21,22,23). The Morgan fingerprint density at radius 2 is 2.00 bits per heavy atom. The van der Waals surface area contributed by atoms with Gasteiger partial charge < -0.3 is 15.4 Å². The van der Waals surface area contributed by atoms with E-state index in [2.05, 4.69) is 15.6 Å². The number of sulfonamides is 1. The molecule has 0 spiro atoms. The first-order valence-electron chi connectivity index (χ1n) is 9.19. The molecule has 0 bridgehead atoms. The van der Waals surface area contributed by atoms with Crippen molar-refractivity contribution in [3.8, 4) is 5.75 Å². The summed E-state index contributed by atoms with van der Waals surface area (Å²) in [6, 6.07) is 15.4. The number of methoxy groups -OCH3 is 1. The molecule has 0 saturated heterocycles. The number of hydrogen-bond acceptors (Lipinski definition) is 4. The van der Waals surface area contributed by atoms with E-state index in [1.165, 1.54) is 4.31 Å². The number of benzene rings is 2. The highest BCUT2D eigenvalue weighted by atomic mass is 32.2. The molecule has 0 aliphatic carbocycles. The van der Waals surface area contributed by atoms with Crippen LogP contribution in [0.1, 0.15) is 11.1 Å². The SMILES string of the molecule is CN=C(NCCS(=O)(=O)N1CCc2ccccc21)NCc1cccc(OC)c1. The van der Waals surface area contributed by atoms with E-state index in [4.69, 9.17) is 4.74 Å². The summed E-state index contributed by atoms with van der Waals surface area (Å²) in [5.41, 5.74) is 2.92. The van der Waals surface area contributed by atoms with Gasteiger partial charge in [-0.05, 0) is 35.7 Å². The Balaban J connectivity index is 1.51. The number of nitrogens with zero attached hydrogens (tertiary/aromatic N) is 2. The lowest BCUT2D eigenvalue weighted by Gasteiger charge is -2.20. The van der Waals surface area contributed by atoms with Gasteiger partial charge in [-0.25, -0.2) is 8.42 Å². The van der Waals surface area contributed by atoms with Crippen LogP contribution in [-0.2, 0) is 23.0 Å². The minimum Gasteiger partial charge on any atom is -0.497 e. The minimum absolute atomic E-state index is 0.00118. The molecule has 1 heterocycles. The topological polar surface area (TPSA) is 83.0 Å². The first-order chi connectivity index (χ1) is 13.5. The van der Waals surface area contributed by atoms with Gasteiger partial charge in [0.05, 0.1) is 18.6 Å². The zero-order valence-corrected chi connectivity index (χ0v) is 17.0. The zero-order valence-electron chi connectivity index (χ0n) is 16.2. The summed E-state index contributed by atoms with van der Waals surface area (Å²) in [5.74, 6) is 1.35. The molecule has 2 aromatic rings. The number of hydrogen-bond donors (Lipinski definition) is 2. The van der Waals surface area contributed by atoms with Gasteiger partial charge in [0, 0.05) is 26.7 Å². The van der Waals surface area contributed by atoms with Crippen molar-refractivity contribution in [2.45, 2.75) is 13.0 Å². The van der Waals surface area contributed by atoms with Crippen LogP contribution in [0.25, 0.3) is 0 Å². The van der Waals surface area contributed by atoms with E-state index in [1.54, 1.807) is 14.2 Å². The summed E-state index contributed by atoms with van der Waals surface area (Å²) >= 11 is 0. The summed E-state index contributed by atoms with van der Waals surface area (Å²) in [5, 5.41) is 6.26. The van der Waals surface area contributed by atoms with Crippen molar-refractivity contribution < 1.29 is 13.2 Å². The maximum atomic E-state index is 12.7. The Morgan fingerprint density at radius 1 is 1.18 bits per heavy atom. The van der Waals surface area contributed by atoms with Crippen LogP contribution < -0.4 is 19.7 Å². The number of fused-ring (bicyclic) bond motifs is 1. The van der Waals surface area contributed by atoms with Gasteiger partial charge in [-0.3, -0.25) is 9.30 Å². The fraction of sp³-hybridized carbons (Fsp3) is 0.350. The largest absolute Gasteiger partial charge is 0.497 e. The second-order valence-corrected chi connectivity index (χ2v) is 8.48. The number of para-hydroxylation sites is 1. The van der Waals surface area contributed by atoms with E-state index in [0.29, 0.717) is 19.0 Å². The molecule has 1 aliphatic rings. The van der Waals surface area contributed by atoms with Crippen LogP contribution >= 0.6 is 0 Å². The smallest absolute Gasteiger partial charge is 0.236 e. The number of rotatable bonds is 7. The lowest BCUT2D eigenvalue weighted by Crippen LogP contribution is -2.41. The van der Waals surface area contributed by atoms with E-state index in [1.807, 2.05) is 48.5 Å². The zero-order chi connectivity index (χ0) is 20.0. The van der Waals surface area contributed by atoms with E-state index in [0.717, 1.165) is 29.0 Å². The van der Waals surface area contributed by atoms with Gasteiger partial charge in [0.25, 0.3) is 0 Å². The fourth-order valence-corrected chi connectivity index (χ4v) is 4.62. The molecule has 2 aromatic carbocycles. The second-order valence-electron chi connectivity index (χ2n) is 6.47. The lowest BCUT2D eigenvalue weighted by atomic mass is 10.2. The third-order valence-electron chi connectivity index (χ3n) is 4.65. The van der Waals surface area contributed by atoms with Gasteiger partial charge in [-0.1, -0.05) is 30.3 Å². The molecular weight excluding hydrogens is 376 g/mol. The third-order valence-corrected chi connectivity index (χ3v) is 6.42. The van der Waals surface area contributed by atoms with Crippen LogP contribution in [0.5, 0.6) is 5.75 Å². The Labute approximate surface area is 166 Å². The van der Waals surface area contributed by atoms with Crippen LogP contribution in [0.2, 0.25) is 0 Å². The summed E-state index contributed by atoms with van der Waals surface area (Å²) in [6.45, 7) is 1.34. The first kappa shape index (κ1) is 20.0. The van der Waals surface area contributed by atoms with Gasteiger partial charge in [0.1, 0.15) is 5.75 Å². The summed E-state index contributed by atoms with van der Waals surface area (Å²) in [4.78, 5) is 4.15. The number of aliphatic imine (C=N–C) groups is 1. The molecule has 1 aliphatic heterocycles. The number of nitrogens with one attached hydrogen (secondary N) is 2. The van der Waals surface area contributed by atoms with Crippen LogP contribution in [0, 0.1) is 0 Å². The van der Waals surface area contributed by atoms with Gasteiger partial charge in [-0.2, -0.15) is 0 Å². The minimum atomic E-state index is -3.38. The third kappa shape index (κ3) is 4.75. The van der Waals surface area contributed by atoms with Gasteiger partial charge >= 0.3 is 0 Å². The fourth-order valence-electron chi connectivity index (χ4n) is 3.19. The normalized spacial score (nSPS) is 13.9. The number of ether oxygens (including phenoxy) is 1. The molecule has 2 N–H and O–H groups in total. The molecule has 3 rings (SSSR count). The molecule has 28 heavy (non-hydrogen) atoms. The van der Waals surface area contributed by atoms with Gasteiger partial charge in [0.2, 0.25) is 10.0 Å². The van der Waals surface area contributed by atoms with Crippen molar-refractivity contribution in [2.24, 2.45) is 4.99 Å². The van der Waals surface area contributed by atoms with Crippen molar-refractivity contribution in [3.05, 3.63) is 59.7 Å². The van der Waals surface area contributed by atoms with Crippen LogP contribution in [0.3, 0.4) is 0 Å². The average molecular weight is 403 g/mol. The van der Waals surface area contributed by atoms with Crippen LogP contribution in [-0.4, -0.2) is 47.4 Å². The predicted molar refractivity (Wildman–Crippen MR) is 112 cm³/mol. The highest BCUT2D eigenvalue weighted by molar-refractivity contribution is 7.92. The van der Waals surface area contributed by atoms with Gasteiger partial charge in [0.15, 0.2) is 5.96 Å². The van der Waals surface area contributed by atoms with Crippen LogP contribution in [0.15, 0.2) is 53.5 Å². The molecule has 0 aromatic heterocycles. The molecule has 8 heteroatoms. The number of guanidine groups is 1. The summed E-state index contributed by atoms with van der Waals surface area (Å²) in [6.07, 6.45) is 0.757. The molecule has 0 fully saturated rings. The van der Waals surface area contributed by atoms with Crippen molar-refractivity contribution in [3.63, 3.8) is 0 Å². The van der Waals surface area contributed by atoms with Crippen molar-refractivity contribution in [2.75, 3.05) is 37.3 Å². The van der Waals surface area contributed by atoms with E-state index >= 15 is 0 Å². The van der Waals surface area contributed by atoms with E-state index < -0.39 is 10.0 Å². The van der Waals surface area contributed by atoms with Crippen molar-refractivity contribution >= 4 is 21.7 Å². The van der Waals surface area contributed by atoms with Crippen LogP contribution in [0.4, 0.5) is 5.69 Å². The van der Waals surface area contributed by atoms with Gasteiger partial charge in [-0.15, -0.1) is 0 Å². The molecule has 0 radical (unpaired) electrons. The van der Waals surface area contributed by atoms with Crippen molar-refractivity contribution in [1.29, 1.82) is 0 Å². The maximum Gasteiger partial charge on any atom is 0.236 e. The predicted octanol–water partition coefficient (Wildman–Crippen LogP) is 1.75.